The van der Waals surface area contributed by atoms with Crippen molar-refractivity contribution in [2.24, 2.45) is 0 Å². The molecule has 0 aliphatic carbocycles. The zero-order chi connectivity index (χ0) is 23.0. The van der Waals surface area contributed by atoms with Gasteiger partial charge in [0.2, 0.25) is 5.95 Å². The average Bonchev–Trinajstić information content (AvgIpc) is 2.74. The Labute approximate surface area is 189 Å². The molecule has 9 heteroatoms. The summed E-state index contributed by atoms with van der Waals surface area (Å²) in [6, 6.07) is 16.3. The van der Waals surface area contributed by atoms with Gasteiger partial charge in [0.05, 0.1) is 22.1 Å². The van der Waals surface area contributed by atoms with Gasteiger partial charge >= 0.3 is 0 Å². The molecule has 5 N–H and O–H groups in total. The minimum atomic E-state index is -0.452. The Morgan fingerprint density at radius 3 is 2.62 bits per heavy atom. The summed E-state index contributed by atoms with van der Waals surface area (Å²) >= 11 is 6.39. The number of para-hydroxylation sites is 1. The largest absolute Gasteiger partial charge is 0.382 e. The molecular formula is C23H20ClN7O. The summed E-state index contributed by atoms with van der Waals surface area (Å²) in [6.45, 7) is 3.79. The highest BCUT2D eigenvalue weighted by atomic mass is 35.5. The lowest BCUT2D eigenvalue weighted by molar-refractivity contribution is 0.770. The molecule has 0 radical (unpaired) electrons. The highest BCUT2D eigenvalue weighted by Gasteiger charge is 2.21. The molecule has 0 saturated heterocycles. The SMILES string of the molecule is Cc1ccccc1-n1c([C@H](C)Nc2nc(N)nc(N)c2C#N)cc2cccc(Cl)c2c1=O. The van der Waals surface area contributed by atoms with Crippen LogP contribution in [0.15, 0.2) is 53.3 Å². The molecule has 2 aromatic heterocycles. The van der Waals surface area contributed by atoms with E-state index in [2.05, 4.69) is 15.3 Å². The van der Waals surface area contributed by atoms with Gasteiger partial charge in [-0.1, -0.05) is 41.9 Å². The summed E-state index contributed by atoms with van der Waals surface area (Å²) in [5, 5.41) is 14.2. The van der Waals surface area contributed by atoms with Crippen LogP contribution in [-0.4, -0.2) is 14.5 Å². The van der Waals surface area contributed by atoms with Crippen molar-refractivity contribution < 1.29 is 0 Å². The molecule has 0 spiro atoms. The van der Waals surface area contributed by atoms with E-state index in [1.807, 2.05) is 56.3 Å². The van der Waals surface area contributed by atoms with E-state index in [0.717, 1.165) is 11.3 Å². The third-order valence-electron chi connectivity index (χ3n) is 5.24. The maximum absolute atomic E-state index is 13.6. The number of rotatable bonds is 4. The Balaban J connectivity index is 1.97. The second-order valence-electron chi connectivity index (χ2n) is 7.37. The lowest BCUT2D eigenvalue weighted by Gasteiger charge is -2.23. The fourth-order valence-corrected chi connectivity index (χ4v) is 3.97. The summed E-state index contributed by atoms with van der Waals surface area (Å²) in [4.78, 5) is 21.6. The Hall–Kier alpha value is -4.09. The number of aryl methyl sites for hydroxylation is 1. The molecule has 0 bridgehead atoms. The van der Waals surface area contributed by atoms with Crippen molar-refractivity contribution in [3.8, 4) is 11.8 Å². The molecule has 0 fully saturated rings. The van der Waals surface area contributed by atoms with E-state index < -0.39 is 6.04 Å². The standard InChI is InChI=1S/C23H20ClN7O/c1-12-6-3-4-9-17(12)31-18(10-14-7-5-8-16(24)19(14)22(31)32)13(2)28-21-15(11-25)20(26)29-23(27)30-21/h3-10,13H,1-2H3,(H5,26,27,28,29,30)/t13-/m0/s1. The number of anilines is 3. The first-order chi connectivity index (χ1) is 15.3. The van der Waals surface area contributed by atoms with Crippen LogP contribution in [0.2, 0.25) is 5.02 Å². The van der Waals surface area contributed by atoms with E-state index in [9.17, 15) is 10.1 Å². The van der Waals surface area contributed by atoms with E-state index in [0.29, 0.717) is 21.5 Å². The van der Waals surface area contributed by atoms with Crippen molar-refractivity contribution in [3.05, 3.63) is 80.7 Å². The molecule has 8 nitrogen and oxygen atoms in total. The van der Waals surface area contributed by atoms with Crippen LogP contribution in [0.4, 0.5) is 17.6 Å². The predicted octanol–water partition coefficient (Wildman–Crippen LogP) is 3.95. The number of benzene rings is 2. The van der Waals surface area contributed by atoms with Gasteiger partial charge in [-0.05, 0) is 43.0 Å². The molecular weight excluding hydrogens is 426 g/mol. The van der Waals surface area contributed by atoms with Gasteiger partial charge < -0.3 is 16.8 Å². The Kier molecular flexibility index (Phi) is 5.43. The Morgan fingerprint density at radius 1 is 1.16 bits per heavy atom. The van der Waals surface area contributed by atoms with Gasteiger partial charge in [0.15, 0.2) is 5.82 Å². The lowest BCUT2D eigenvalue weighted by Crippen LogP contribution is -2.26. The molecule has 32 heavy (non-hydrogen) atoms. The first-order valence-corrected chi connectivity index (χ1v) is 10.2. The molecule has 1 atom stereocenters. The summed E-state index contributed by atoms with van der Waals surface area (Å²) in [6.07, 6.45) is 0. The monoisotopic (exact) mass is 445 g/mol. The third-order valence-corrected chi connectivity index (χ3v) is 5.56. The predicted molar refractivity (Wildman–Crippen MR) is 127 cm³/mol. The van der Waals surface area contributed by atoms with Crippen molar-refractivity contribution in [2.45, 2.75) is 19.9 Å². The van der Waals surface area contributed by atoms with Crippen LogP contribution in [0.25, 0.3) is 16.5 Å². The summed E-state index contributed by atoms with van der Waals surface area (Å²) in [5.74, 6) is 0.119. The molecule has 0 saturated carbocycles. The van der Waals surface area contributed by atoms with Gasteiger partial charge in [-0.2, -0.15) is 15.2 Å². The van der Waals surface area contributed by atoms with Crippen LogP contribution in [-0.2, 0) is 0 Å². The van der Waals surface area contributed by atoms with E-state index in [1.165, 1.54) is 0 Å². The van der Waals surface area contributed by atoms with E-state index in [-0.39, 0.29) is 28.7 Å². The number of hydrogen-bond donors (Lipinski definition) is 3. The van der Waals surface area contributed by atoms with Crippen LogP contribution in [0.5, 0.6) is 0 Å². The molecule has 4 rings (SSSR count). The van der Waals surface area contributed by atoms with Crippen molar-refractivity contribution in [2.75, 3.05) is 16.8 Å². The number of nitrogens with zero attached hydrogens (tertiary/aromatic N) is 4. The number of aromatic nitrogens is 3. The number of pyridine rings is 1. The summed E-state index contributed by atoms with van der Waals surface area (Å²) in [5.41, 5.74) is 13.7. The minimum Gasteiger partial charge on any atom is -0.382 e. The van der Waals surface area contributed by atoms with Gasteiger partial charge in [0, 0.05) is 5.69 Å². The fourth-order valence-electron chi connectivity index (χ4n) is 3.71. The van der Waals surface area contributed by atoms with Crippen molar-refractivity contribution in [1.29, 1.82) is 5.26 Å². The number of hydrogen-bond acceptors (Lipinski definition) is 7. The highest BCUT2D eigenvalue weighted by molar-refractivity contribution is 6.35. The molecule has 2 heterocycles. The third kappa shape index (κ3) is 3.59. The van der Waals surface area contributed by atoms with Crippen LogP contribution < -0.4 is 22.3 Å². The summed E-state index contributed by atoms with van der Waals surface area (Å²) in [7, 11) is 0. The highest BCUT2D eigenvalue weighted by Crippen LogP contribution is 2.29. The van der Waals surface area contributed by atoms with Gasteiger partial charge in [0.25, 0.3) is 5.56 Å². The smallest absolute Gasteiger partial charge is 0.264 e. The minimum absolute atomic E-state index is 0.0173. The second-order valence-corrected chi connectivity index (χ2v) is 7.78. The topological polar surface area (TPSA) is 136 Å². The van der Waals surface area contributed by atoms with Crippen LogP contribution in [0.1, 0.15) is 29.8 Å². The first kappa shape index (κ1) is 21.2. The fraction of sp³-hybridized carbons (Fsp3) is 0.130. The maximum Gasteiger partial charge on any atom is 0.264 e. The number of nitriles is 1. The van der Waals surface area contributed by atoms with Crippen molar-refractivity contribution in [1.82, 2.24) is 14.5 Å². The van der Waals surface area contributed by atoms with E-state index in [1.54, 1.807) is 16.7 Å². The molecule has 4 aromatic rings. The maximum atomic E-state index is 13.6. The first-order valence-electron chi connectivity index (χ1n) is 9.81. The molecule has 0 aliphatic heterocycles. The molecule has 160 valence electrons. The van der Waals surface area contributed by atoms with Gasteiger partial charge in [-0.15, -0.1) is 0 Å². The quantitative estimate of drug-likeness (QED) is 0.432. The van der Waals surface area contributed by atoms with Gasteiger partial charge in [0.1, 0.15) is 17.5 Å². The Morgan fingerprint density at radius 2 is 1.91 bits per heavy atom. The average molecular weight is 446 g/mol. The van der Waals surface area contributed by atoms with Crippen molar-refractivity contribution in [3.63, 3.8) is 0 Å². The zero-order valence-electron chi connectivity index (χ0n) is 17.4. The van der Waals surface area contributed by atoms with Gasteiger partial charge in [-0.25, -0.2) is 0 Å². The Bertz CT molecular complexity index is 1460. The normalized spacial score (nSPS) is 11.8. The number of nitrogens with two attached hydrogens (primary N) is 2. The van der Waals surface area contributed by atoms with E-state index in [4.69, 9.17) is 23.1 Å². The summed E-state index contributed by atoms with van der Waals surface area (Å²) < 4.78 is 1.63. The number of halogens is 1. The number of nitrogen functional groups attached to an aromatic ring is 2. The number of fused-ring (bicyclic) bond motifs is 1. The van der Waals surface area contributed by atoms with Crippen LogP contribution >= 0.6 is 11.6 Å². The zero-order valence-corrected chi connectivity index (χ0v) is 18.2. The molecule has 0 amide bonds. The van der Waals surface area contributed by atoms with Crippen LogP contribution in [0.3, 0.4) is 0 Å². The van der Waals surface area contributed by atoms with E-state index >= 15 is 0 Å². The molecule has 0 aliphatic rings. The number of nitrogens with one attached hydrogen (secondary N) is 1. The molecule has 2 aromatic carbocycles. The lowest BCUT2D eigenvalue weighted by atomic mass is 10.1. The van der Waals surface area contributed by atoms with Gasteiger partial charge in [-0.3, -0.25) is 9.36 Å². The molecule has 0 unspecified atom stereocenters. The van der Waals surface area contributed by atoms with Crippen LogP contribution in [0, 0.1) is 18.3 Å². The van der Waals surface area contributed by atoms with Crippen molar-refractivity contribution >= 4 is 40.0 Å². The second kappa shape index (κ2) is 8.21.